The fourth-order valence-electron chi connectivity index (χ4n) is 2.60. The third-order valence-electron chi connectivity index (χ3n) is 4.06. The Morgan fingerprint density at radius 2 is 1.83 bits per heavy atom. The maximum Gasteiger partial charge on any atom is 0.273 e. The average Bonchev–Trinajstić information content (AvgIpc) is 2.74. The fourth-order valence-corrected chi connectivity index (χ4v) is 3.16. The smallest absolute Gasteiger partial charge is 0.273 e. The number of methoxy groups -OCH3 is 1. The Kier molecular flexibility index (Phi) is 6.92. The number of amides is 2. The molecule has 152 valence electrons. The van der Waals surface area contributed by atoms with E-state index in [0.717, 1.165) is 16.1 Å². The van der Waals surface area contributed by atoms with E-state index in [1.54, 1.807) is 49.6 Å². The molecule has 0 aliphatic carbocycles. The van der Waals surface area contributed by atoms with Crippen molar-refractivity contribution < 1.29 is 18.7 Å². The lowest BCUT2D eigenvalue weighted by Gasteiger charge is -2.10. The van der Waals surface area contributed by atoms with Crippen LogP contribution in [0.4, 0.5) is 10.1 Å². The van der Waals surface area contributed by atoms with Gasteiger partial charge in [-0.15, -0.1) is 0 Å². The van der Waals surface area contributed by atoms with Gasteiger partial charge in [0.1, 0.15) is 11.6 Å². The van der Waals surface area contributed by atoms with Crippen LogP contribution in [-0.2, 0) is 0 Å². The van der Waals surface area contributed by atoms with Crippen molar-refractivity contribution in [2.75, 3.05) is 12.4 Å². The topological polar surface area (TPSA) is 79.8 Å². The number of hydrogen-bond acceptors (Lipinski definition) is 4. The van der Waals surface area contributed by atoms with Crippen LogP contribution in [0.1, 0.15) is 26.3 Å². The lowest BCUT2D eigenvalue weighted by Crippen LogP contribution is -2.21. The second-order valence-electron chi connectivity index (χ2n) is 6.10. The second-order valence-corrected chi connectivity index (χ2v) is 6.96. The first-order chi connectivity index (χ1) is 14.5. The van der Waals surface area contributed by atoms with Crippen molar-refractivity contribution in [3.63, 3.8) is 0 Å². The quantitative estimate of drug-likeness (QED) is 0.408. The van der Waals surface area contributed by atoms with Crippen molar-refractivity contribution in [1.82, 2.24) is 5.43 Å². The van der Waals surface area contributed by atoms with Gasteiger partial charge in [-0.3, -0.25) is 9.59 Å². The summed E-state index contributed by atoms with van der Waals surface area (Å²) in [4.78, 5) is 24.9. The number of hydrogen-bond donors (Lipinski definition) is 2. The molecule has 0 fully saturated rings. The third kappa shape index (κ3) is 5.30. The molecule has 0 heterocycles. The summed E-state index contributed by atoms with van der Waals surface area (Å²) < 4.78 is 19.3. The molecule has 30 heavy (non-hydrogen) atoms. The van der Waals surface area contributed by atoms with E-state index in [-0.39, 0.29) is 16.8 Å². The molecule has 0 unspecified atom stereocenters. The van der Waals surface area contributed by atoms with Gasteiger partial charge in [0.25, 0.3) is 11.8 Å². The van der Waals surface area contributed by atoms with E-state index in [4.69, 9.17) is 4.74 Å². The minimum absolute atomic E-state index is 0.147. The number of benzene rings is 3. The number of rotatable bonds is 6. The van der Waals surface area contributed by atoms with Crippen molar-refractivity contribution >= 4 is 39.6 Å². The minimum Gasteiger partial charge on any atom is -0.496 e. The van der Waals surface area contributed by atoms with Crippen LogP contribution in [-0.4, -0.2) is 25.1 Å². The van der Waals surface area contributed by atoms with Gasteiger partial charge in [0.05, 0.1) is 29.0 Å². The summed E-state index contributed by atoms with van der Waals surface area (Å²) in [6.45, 7) is 0. The van der Waals surface area contributed by atoms with Crippen LogP contribution in [0.5, 0.6) is 5.75 Å². The summed E-state index contributed by atoms with van der Waals surface area (Å²) in [5, 5.41) is 6.58. The molecule has 3 aromatic carbocycles. The monoisotopic (exact) mass is 469 g/mol. The molecule has 0 saturated carbocycles. The Morgan fingerprint density at radius 3 is 2.57 bits per heavy atom. The largest absolute Gasteiger partial charge is 0.496 e. The van der Waals surface area contributed by atoms with E-state index in [2.05, 4.69) is 31.8 Å². The highest BCUT2D eigenvalue weighted by atomic mass is 79.9. The number of hydrazone groups is 1. The van der Waals surface area contributed by atoms with Gasteiger partial charge >= 0.3 is 0 Å². The number of ether oxygens (including phenoxy) is 1. The maximum absolute atomic E-state index is 13.4. The number of para-hydroxylation sites is 1. The van der Waals surface area contributed by atoms with Crippen molar-refractivity contribution in [2.45, 2.75) is 0 Å². The summed E-state index contributed by atoms with van der Waals surface area (Å²) in [5.74, 6) is -0.873. The number of carbonyl (C=O) groups is 2. The standard InChI is InChI=1S/C22H17BrFN3O3/c1-30-20-10-9-14(11-18(20)23)13-25-27-22(29)17-7-2-3-8-19(17)26-21(28)15-5-4-6-16(24)12-15/h2-13H,1H3,(H,26,28)(H,27,29)/b25-13+. The van der Waals surface area contributed by atoms with Gasteiger partial charge < -0.3 is 10.1 Å². The zero-order valence-corrected chi connectivity index (χ0v) is 17.4. The van der Waals surface area contributed by atoms with Crippen LogP contribution in [0.2, 0.25) is 0 Å². The Hall–Kier alpha value is -3.52. The highest BCUT2D eigenvalue weighted by Crippen LogP contribution is 2.24. The first-order valence-corrected chi connectivity index (χ1v) is 9.60. The summed E-state index contributed by atoms with van der Waals surface area (Å²) >= 11 is 3.38. The first-order valence-electron chi connectivity index (χ1n) is 8.81. The van der Waals surface area contributed by atoms with Crippen molar-refractivity contribution in [3.8, 4) is 5.75 Å². The fraction of sp³-hybridized carbons (Fsp3) is 0.0455. The molecule has 2 N–H and O–H groups in total. The minimum atomic E-state index is -0.527. The van der Waals surface area contributed by atoms with Crippen LogP contribution in [0.15, 0.2) is 76.3 Å². The molecule has 0 atom stereocenters. The van der Waals surface area contributed by atoms with Crippen LogP contribution >= 0.6 is 15.9 Å². The molecule has 0 bridgehead atoms. The Morgan fingerprint density at radius 1 is 1.03 bits per heavy atom. The molecule has 0 saturated heterocycles. The van der Waals surface area contributed by atoms with Gasteiger partial charge in [0.15, 0.2) is 0 Å². The van der Waals surface area contributed by atoms with Crippen LogP contribution in [0.3, 0.4) is 0 Å². The Bertz CT molecular complexity index is 1120. The van der Waals surface area contributed by atoms with Crippen molar-refractivity contribution in [1.29, 1.82) is 0 Å². The molecular weight excluding hydrogens is 453 g/mol. The average molecular weight is 470 g/mol. The normalized spacial score (nSPS) is 10.6. The van der Waals surface area contributed by atoms with Crippen molar-refractivity contribution in [2.24, 2.45) is 5.10 Å². The van der Waals surface area contributed by atoms with E-state index in [1.165, 1.54) is 24.4 Å². The highest BCUT2D eigenvalue weighted by Gasteiger charge is 2.14. The number of nitrogens with zero attached hydrogens (tertiary/aromatic N) is 1. The molecular formula is C22H17BrFN3O3. The molecule has 0 aliphatic heterocycles. The predicted molar refractivity (Wildman–Crippen MR) is 117 cm³/mol. The lowest BCUT2D eigenvalue weighted by molar-refractivity contribution is 0.0956. The van der Waals surface area contributed by atoms with Gasteiger partial charge in [-0.05, 0) is 70.0 Å². The van der Waals surface area contributed by atoms with E-state index < -0.39 is 17.6 Å². The number of anilines is 1. The van der Waals surface area contributed by atoms with E-state index in [1.807, 2.05) is 0 Å². The number of halogens is 2. The third-order valence-corrected chi connectivity index (χ3v) is 4.68. The number of carbonyl (C=O) groups excluding carboxylic acids is 2. The van der Waals surface area contributed by atoms with Crippen LogP contribution < -0.4 is 15.5 Å². The molecule has 0 aromatic heterocycles. The molecule has 0 aliphatic rings. The predicted octanol–water partition coefficient (Wildman–Crippen LogP) is 4.61. The lowest BCUT2D eigenvalue weighted by atomic mass is 10.1. The molecule has 2 amide bonds. The van der Waals surface area contributed by atoms with Gasteiger partial charge in [-0.2, -0.15) is 5.10 Å². The molecule has 8 heteroatoms. The highest BCUT2D eigenvalue weighted by molar-refractivity contribution is 9.10. The number of nitrogens with one attached hydrogen (secondary N) is 2. The van der Waals surface area contributed by atoms with Gasteiger partial charge in [0.2, 0.25) is 0 Å². The van der Waals surface area contributed by atoms with Crippen LogP contribution in [0, 0.1) is 5.82 Å². The zero-order chi connectivity index (χ0) is 21.5. The van der Waals surface area contributed by atoms with E-state index in [9.17, 15) is 14.0 Å². The summed E-state index contributed by atoms with van der Waals surface area (Å²) in [5.41, 5.74) is 3.83. The molecule has 0 radical (unpaired) electrons. The van der Waals surface area contributed by atoms with E-state index >= 15 is 0 Å². The SMILES string of the molecule is COc1ccc(/C=N/NC(=O)c2ccccc2NC(=O)c2cccc(F)c2)cc1Br. The summed E-state index contributed by atoms with van der Waals surface area (Å²) in [6, 6.07) is 17.1. The zero-order valence-electron chi connectivity index (χ0n) is 15.9. The van der Waals surface area contributed by atoms with E-state index in [0.29, 0.717) is 5.75 Å². The maximum atomic E-state index is 13.4. The summed E-state index contributed by atoms with van der Waals surface area (Å²) in [7, 11) is 1.57. The second kappa shape index (κ2) is 9.80. The van der Waals surface area contributed by atoms with Gasteiger partial charge in [-0.1, -0.05) is 18.2 Å². The summed E-state index contributed by atoms with van der Waals surface area (Å²) in [6.07, 6.45) is 1.48. The first kappa shape index (κ1) is 21.2. The molecule has 3 rings (SSSR count). The molecule has 3 aromatic rings. The van der Waals surface area contributed by atoms with Crippen molar-refractivity contribution in [3.05, 3.63) is 93.7 Å². The Labute approximate surface area is 180 Å². The van der Waals surface area contributed by atoms with Gasteiger partial charge in [0, 0.05) is 5.56 Å². The van der Waals surface area contributed by atoms with Crippen LogP contribution in [0.25, 0.3) is 0 Å². The Balaban J connectivity index is 1.71. The van der Waals surface area contributed by atoms with Gasteiger partial charge in [-0.25, -0.2) is 9.82 Å². The molecule has 0 spiro atoms. The molecule has 6 nitrogen and oxygen atoms in total.